The first kappa shape index (κ1) is 15.3. The Kier molecular flexibility index (Phi) is 4.31. The highest BCUT2D eigenvalue weighted by Crippen LogP contribution is 2.29. The third kappa shape index (κ3) is 3.07. The summed E-state index contributed by atoms with van der Waals surface area (Å²) in [6.07, 6.45) is 3.81. The second-order valence-corrected chi connectivity index (χ2v) is 6.23. The molecule has 0 spiro atoms. The van der Waals surface area contributed by atoms with E-state index in [4.69, 9.17) is 9.84 Å². The number of ether oxygens (including phenoxy) is 1. The van der Waals surface area contributed by atoms with Gasteiger partial charge in [0, 0.05) is 55.9 Å². The van der Waals surface area contributed by atoms with Crippen LogP contribution < -0.4 is 10.2 Å². The molecule has 24 heavy (non-hydrogen) atoms. The van der Waals surface area contributed by atoms with Crippen molar-refractivity contribution in [3.63, 3.8) is 0 Å². The van der Waals surface area contributed by atoms with Crippen molar-refractivity contribution in [1.29, 1.82) is 0 Å². The number of aliphatic hydroxyl groups is 1. The van der Waals surface area contributed by atoms with E-state index in [1.54, 1.807) is 0 Å². The molecule has 0 amide bonds. The number of aromatic nitrogens is 4. The molecule has 128 valence electrons. The molecule has 0 unspecified atom stereocenters. The molecule has 0 aromatic carbocycles. The molecule has 2 aromatic heterocycles. The molecule has 8 nitrogen and oxygen atoms in total. The van der Waals surface area contributed by atoms with Gasteiger partial charge in [0.2, 0.25) is 5.95 Å². The summed E-state index contributed by atoms with van der Waals surface area (Å²) >= 11 is 0. The lowest BCUT2D eigenvalue weighted by molar-refractivity contribution is 0.193. The molecular formula is C16H22N6O2. The number of hydrogen-bond donors (Lipinski definition) is 3. The highest BCUT2D eigenvalue weighted by Gasteiger charge is 2.24. The van der Waals surface area contributed by atoms with E-state index < -0.39 is 0 Å². The second-order valence-electron chi connectivity index (χ2n) is 6.23. The molecule has 2 aliphatic heterocycles. The Balaban J connectivity index is 1.62. The van der Waals surface area contributed by atoms with Gasteiger partial charge in [0.05, 0.1) is 25.1 Å². The number of nitrogens with one attached hydrogen (secondary N) is 2. The fraction of sp³-hybridized carbons (Fsp3) is 0.562. The zero-order chi connectivity index (χ0) is 16.4. The summed E-state index contributed by atoms with van der Waals surface area (Å²) in [5.74, 6) is 1.80. The summed E-state index contributed by atoms with van der Waals surface area (Å²) < 4.78 is 5.51. The predicted octanol–water partition coefficient (Wildman–Crippen LogP) is 0.670. The summed E-state index contributed by atoms with van der Waals surface area (Å²) in [7, 11) is 0. The van der Waals surface area contributed by atoms with Crippen LogP contribution in [0.2, 0.25) is 0 Å². The van der Waals surface area contributed by atoms with Crippen LogP contribution in [0, 0.1) is 0 Å². The van der Waals surface area contributed by atoms with Crippen molar-refractivity contribution >= 4 is 11.8 Å². The van der Waals surface area contributed by atoms with Crippen LogP contribution in [-0.2, 0) is 17.7 Å². The maximum Gasteiger partial charge on any atom is 0.224 e. The fourth-order valence-corrected chi connectivity index (χ4v) is 3.26. The maximum absolute atomic E-state index is 9.05. The van der Waals surface area contributed by atoms with Crippen molar-refractivity contribution in [2.75, 3.05) is 43.1 Å². The highest BCUT2D eigenvalue weighted by atomic mass is 16.5. The van der Waals surface area contributed by atoms with Gasteiger partial charge in [-0.1, -0.05) is 0 Å². The van der Waals surface area contributed by atoms with E-state index in [2.05, 4.69) is 36.4 Å². The van der Waals surface area contributed by atoms with Crippen LogP contribution in [0.4, 0.5) is 11.8 Å². The van der Waals surface area contributed by atoms with Gasteiger partial charge < -0.3 is 20.1 Å². The smallest absolute Gasteiger partial charge is 0.224 e. The summed E-state index contributed by atoms with van der Waals surface area (Å²) in [4.78, 5) is 11.5. The Morgan fingerprint density at radius 2 is 2.38 bits per heavy atom. The van der Waals surface area contributed by atoms with Gasteiger partial charge in [-0.15, -0.1) is 0 Å². The van der Waals surface area contributed by atoms with Crippen LogP contribution in [0.5, 0.6) is 0 Å². The summed E-state index contributed by atoms with van der Waals surface area (Å²) in [6.45, 7) is 3.68. The molecule has 4 heterocycles. The van der Waals surface area contributed by atoms with Crippen LogP contribution in [-0.4, -0.2) is 58.2 Å². The molecule has 0 aliphatic carbocycles. The zero-order valence-electron chi connectivity index (χ0n) is 13.5. The van der Waals surface area contributed by atoms with Gasteiger partial charge in [0.1, 0.15) is 5.82 Å². The van der Waals surface area contributed by atoms with Crippen molar-refractivity contribution in [3.8, 4) is 0 Å². The lowest BCUT2D eigenvalue weighted by atomic mass is 10.0. The largest absolute Gasteiger partial charge is 0.395 e. The van der Waals surface area contributed by atoms with Crippen LogP contribution >= 0.6 is 0 Å². The Morgan fingerprint density at radius 1 is 1.42 bits per heavy atom. The number of anilines is 2. The van der Waals surface area contributed by atoms with E-state index in [1.165, 1.54) is 11.3 Å². The van der Waals surface area contributed by atoms with E-state index in [9.17, 15) is 0 Å². The number of fused-ring (bicyclic) bond motifs is 1. The lowest BCUT2D eigenvalue weighted by Gasteiger charge is -2.28. The molecule has 1 saturated heterocycles. The second kappa shape index (κ2) is 6.74. The van der Waals surface area contributed by atoms with Crippen molar-refractivity contribution in [3.05, 3.63) is 29.2 Å². The van der Waals surface area contributed by atoms with Crippen molar-refractivity contribution in [1.82, 2.24) is 20.2 Å². The highest BCUT2D eigenvalue weighted by molar-refractivity contribution is 5.48. The summed E-state index contributed by atoms with van der Waals surface area (Å²) in [6, 6.07) is 2.08. The Bertz CT molecular complexity index is 698. The van der Waals surface area contributed by atoms with Crippen molar-refractivity contribution < 1.29 is 9.84 Å². The van der Waals surface area contributed by atoms with Gasteiger partial charge in [-0.3, -0.25) is 5.10 Å². The van der Waals surface area contributed by atoms with Gasteiger partial charge >= 0.3 is 0 Å². The number of rotatable bonds is 5. The standard InChI is InChI=1S/C16H22N6O2/c23-5-3-17-16-19-14(11-2-6-24-10-11)7-15(20-16)22-4-1-13-12(9-22)8-18-21-13/h7-8,11,23H,1-6,9-10H2,(H,18,21)(H,17,19,20)/t11-/m1/s1. The van der Waals surface area contributed by atoms with E-state index >= 15 is 0 Å². The lowest BCUT2D eigenvalue weighted by Crippen LogP contribution is -2.31. The third-order valence-electron chi connectivity index (χ3n) is 4.60. The molecule has 2 aliphatic rings. The van der Waals surface area contributed by atoms with E-state index in [1.807, 2.05) is 6.20 Å². The minimum absolute atomic E-state index is 0.0531. The summed E-state index contributed by atoms with van der Waals surface area (Å²) in [5.41, 5.74) is 3.44. The SMILES string of the molecule is OCCNc1nc([C@@H]2CCOC2)cc(N2CCc3[nH]ncc3C2)n1. The monoisotopic (exact) mass is 330 g/mol. The quantitative estimate of drug-likeness (QED) is 0.741. The molecule has 4 rings (SSSR count). The predicted molar refractivity (Wildman–Crippen MR) is 89.1 cm³/mol. The third-order valence-corrected chi connectivity index (χ3v) is 4.60. The molecule has 1 fully saturated rings. The van der Waals surface area contributed by atoms with Gasteiger partial charge in [0.25, 0.3) is 0 Å². The Hall–Kier alpha value is -2.19. The van der Waals surface area contributed by atoms with Gasteiger partial charge in [-0.25, -0.2) is 4.98 Å². The number of H-pyrrole nitrogens is 1. The normalized spacial score (nSPS) is 20.2. The fourth-order valence-electron chi connectivity index (χ4n) is 3.26. The van der Waals surface area contributed by atoms with Gasteiger partial charge in [-0.05, 0) is 6.42 Å². The number of hydrogen-bond acceptors (Lipinski definition) is 7. The molecular weight excluding hydrogens is 308 g/mol. The van der Waals surface area contributed by atoms with Crippen LogP contribution in [0.15, 0.2) is 12.3 Å². The van der Waals surface area contributed by atoms with E-state index in [0.29, 0.717) is 25.0 Å². The molecule has 2 aromatic rings. The molecule has 0 saturated carbocycles. The molecule has 1 atom stereocenters. The topological polar surface area (TPSA) is 99.2 Å². The first-order chi connectivity index (χ1) is 11.8. The van der Waals surface area contributed by atoms with Gasteiger partial charge in [-0.2, -0.15) is 10.1 Å². The number of nitrogens with zero attached hydrogens (tertiary/aromatic N) is 4. The Morgan fingerprint density at radius 3 is 3.21 bits per heavy atom. The van der Waals surface area contributed by atoms with E-state index in [0.717, 1.165) is 44.0 Å². The summed E-state index contributed by atoms with van der Waals surface area (Å²) in [5, 5.41) is 19.3. The zero-order valence-corrected chi connectivity index (χ0v) is 13.5. The van der Waals surface area contributed by atoms with Crippen molar-refractivity contribution in [2.45, 2.75) is 25.3 Å². The number of aliphatic hydroxyl groups excluding tert-OH is 1. The molecule has 3 N–H and O–H groups in total. The first-order valence-electron chi connectivity index (χ1n) is 8.41. The van der Waals surface area contributed by atoms with Crippen molar-refractivity contribution in [2.24, 2.45) is 0 Å². The molecule has 0 radical (unpaired) electrons. The van der Waals surface area contributed by atoms with Crippen LogP contribution in [0.25, 0.3) is 0 Å². The minimum atomic E-state index is 0.0531. The van der Waals surface area contributed by atoms with E-state index in [-0.39, 0.29) is 6.61 Å². The molecule has 8 heteroatoms. The number of aromatic amines is 1. The average molecular weight is 330 g/mol. The average Bonchev–Trinajstić information content (AvgIpc) is 3.30. The molecule has 0 bridgehead atoms. The minimum Gasteiger partial charge on any atom is -0.395 e. The van der Waals surface area contributed by atoms with Gasteiger partial charge in [0.15, 0.2) is 0 Å². The van der Waals surface area contributed by atoms with Crippen LogP contribution in [0.3, 0.4) is 0 Å². The van der Waals surface area contributed by atoms with Crippen LogP contribution in [0.1, 0.15) is 29.3 Å². The maximum atomic E-state index is 9.05. The first-order valence-corrected chi connectivity index (χ1v) is 8.41. The Labute approximate surface area is 140 Å².